The van der Waals surface area contributed by atoms with Crippen molar-refractivity contribution in [2.24, 2.45) is 11.8 Å². The zero-order valence-electron chi connectivity index (χ0n) is 19.4. The zero-order valence-corrected chi connectivity index (χ0v) is 19.4. The highest BCUT2D eigenvalue weighted by molar-refractivity contribution is 5.97. The molecule has 1 aliphatic carbocycles. The van der Waals surface area contributed by atoms with E-state index in [9.17, 15) is 9.59 Å². The van der Waals surface area contributed by atoms with Crippen LogP contribution >= 0.6 is 0 Å². The van der Waals surface area contributed by atoms with Crippen LogP contribution in [0.4, 0.5) is 0 Å². The van der Waals surface area contributed by atoms with Crippen molar-refractivity contribution >= 4 is 23.9 Å². The van der Waals surface area contributed by atoms with E-state index in [4.69, 9.17) is 20.1 Å². The number of H-pyrrole nitrogens is 1. The predicted molar refractivity (Wildman–Crippen MR) is 127 cm³/mol. The second-order valence-electron chi connectivity index (χ2n) is 8.75. The summed E-state index contributed by atoms with van der Waals surface area (Å²) in [6, 6.07) is 8.06. The maximum Gasteiger partial charge on any atom is 0.306 e. The highest BCUT2D eigenvalue weighted by atomic mass is 16.5. The monoisotopic (exact) mass is 460 g/mol. The van der Waals surface area contributed by atoms with Crippen molar-refractivity contribution < 1.29 is 19.1 Å². The van der Waals surface area contributed by atoms with E-state index < -0.39 is 0 Å². The number of hydrogen-bond acceptors (Lipinski definition) is 6. The summed E-state index contributed by atoms with van der Waals surface area (Å²) in [5, 5.41) is 16.5. The number of hydrogen-bond donors (Lipinski definition) is 2. The molecule has 4 rings (SSSR count). The third-order valence-corrected chi connectivity index (χ3v) is 6.39. The highest BCUT2D eigenvalue weighted by Gasteiger charge is 2.33. The number of nitriles is 1. The molecular weight excluding hydrogens is 432 g/mol. The molecule has 8 nitrogen and oxygen atoms in total. The summed E-state index contributed by atoms with van der Waals surface area (Å²) in [5.74, 6) is 0.905. The second-order valence-corrected chi connectivity index (χ2v) is 8.75. The summed E-state index contributed by atoms with van der Waals surface area (Å²) in [6.07, 6.45) is 6.36. The predicted octanol–water partition coefficient (Wildman–Crippen LogP) is 3.66. The van der Waals surface area contributed by atoms with Gasteiger partial charge in [0, 0.05) is 38.0 Å². The summed E-state index contributed by atoms with van der Waals surface area (Å²) in [7, 11) is 0. The van der Waals surface area contributed by atoms with E-state index in [1.807, 2.05) is 32.0 Å². The number of amides is 1. The number of aromatic amines is 1. The number of ether oxygens (including phenoxy) is 2. The number of likely N-dealkylation sites (tertiary alicyclic amines) is 1. The Hall–Kier alpha value is -3.86. The molecule has 1 amide bonds. The minimum absolute atomic E-state index is 0.101. The van der Waals surface area contributed by atoms with Crippen molar-refractivity contribution in [2.45, 2.75) is 33.1 Å². The summed E-state index contributed by atoms with van der Waals surface area (Å²) in [5.41, 5.74) is 4.24. The molecule has 0 saturated carbocycles. The summed E-state index contributed by atoms with van der Waals surface area (Å²) >= 11 is 0. The molecule has 1 aromatic carbocycles. The van der Waals surface area contributed by atoms with Crippen LogP contribution in [0.5, 0.6) is 5.75 Å². The number of carbonyl (C=O) groups is 2. The number of nitrogens with zero attached hydrogens (tertiary/aromatic N) is 2. The smallest absolute Gasteiger partial charge is 0.306 e. The lowest BCUT2D eigenvalue weighted by molar-refractivity contribution is -0.144. The van der Waals surface area contributed by atoms with E-state index in [2.05, 4.69) is 11.1 Å². The van der Waals surface area contributed by atoms with E-state index >= 15 is 0 Å². The minimum atomic E-state index is -0.165. The molecule has 2 aromatic rings. The minimum Gasteiger partial charge on any atom is -0.466 e. The van der Waals surface area contributed by atoms with Gasteiger partial charge in [-0.2, -0.15) is 5.26 Å². The zero-order chi connectivity index (χ0) is 24.2. The fourth-order valence-corrected chi connectivity index (χ4v) is 4.59. The normalized spacial score (nSPS) is 17.5. The van der Waals surface area contributed by atoms with Gasteiger partial charge in [0.25, 0.3) is 5.91 Å². The molecule has 2 N–H and O–H groups in total. The molecule has 176 valence electrons. The van der Waals surface area contributed by atoms with Crippen LogP contribution in [-0.4, -0.2) is 47.7 Å². The maximum absolute atomic E-state index is 12.8. The number of esters is 1. The van der Waals surface area contributed by atoms with Gasteiger partial charge in [0.05, 0.1) is 29.9 Å². The van der Waals surface area contributed by atoms with Crippen LogP contribution in [0.25, 0.3) is 5.76 Å². The molecular formula is C26H28N4O4. The van der Waals surface area contributed by atoms with Gasteiger partial charge in [0.2, 0.25) is 0 Å². The van der Waals surface area contributed by atoms with Crippen LogP contribution in [0.2, 0.25) is 0 Å². The quantitative estimate of drug-likeness (QED) is 0.354. The van der Waals surface area contributed by atoms with Crippen LogP contribution in [0.15, 0.2) is 30.5 Å². The maximum atomic E-state index is 12.8. The number of benzene rings is 1. The number of carbonyl (C=O) groups excluding carboxylic acids is 2. The van der Waals surface area contributed by atoms with Gasteiger partial charge in [0.1, 0.15) is 5.75 Å². The van der Waals surface area contributed by atoms with Crippen LogP contribution in [0, 0.1) is 35.5 Å². The molecule has 2 heterocycles. The molecule has 1 unspecified atom stereocenters. The Kier molecular flexibility index (Phi) is 6.82. The fourth-order valence-electron chi connectivity index (χ4n) is 4.59. The molecule has 1 aliphatic heterocycles. The van der Waals surface area contributed by atoms with E-state index in [-0.39, 0.29) is 23.7 Å². The van der Waals surface area contributed by atoms with Crippen LogP contribution < -0.4 is 4.74 Å². The molecule has 0 radical (unpaired) electrons. The van der Waals surface area contributed by atoms with Crippen molar-refractivity contribution in [3.05, 3.63) is 58.4 Å². The van der Waals surface area contributed by atoms with Crippen molar-refractivity contribution in [2.75, 3.05) is 19.7 Å². The van der Waals surface area contributed by atoms with Gasteiger partial charge in [-0.3, -0.25) is 9.59 Å². The SMILES string of the molecule is CCOC(=O)CC1Cc2ccc(O/C(=C/C=N)c3[nH]cc(C(=O)N4CC(C#N)C4)c3C)cc2C1. The molecule has 0 spiro atoms. The fraction of sp³-hybridized carbons (Fsp3) is 0.385. The number of aromatic nitrogens is 1. The van der Waals surface area contributed by atoms with E-state index in [1.165, 1.54) is 5.56 Å². The van der Waals surface area contributed by atoms with Crippen molar-refractivity contribution in [1.82, 2.24) is 9.88 Å². The van der Waals surface area contributed by atoms with Gasteiger partial charge >= 0.3 is 5.97 Å². The molecule has 1 fully saturated rings. The Morgan fingerprint density at radius 2 is 2.06 bits per heavy atom. The molecule has 0 bridgehead atoms. The first-order chi connectivity index (χ1) is 16.4. The largest absolute Gasteiger partial charge is 0.466 e. The van der Waals surface area contributed by atoms with E-state index in [1.54, 1.807) is 17.2 Å². The molecule has 1 saturated heterocycles. The first-order valence-corrected chi connectivity index (χ1v) is 11.5. The lowest BCUT2D eigenvalue weighted by Crippen LogP contribution is -2.49. The van der Waals surface area contributed by atoms with Crippen LogP contribution in [-0.2, 0) is 22.4 Å². The van der Waals surface area contributed by atoms with Crippen molar-refractivity contribution in [1.29, 1.82) is 10.7 Å². The molecule has 8 heteroatoms. The lowest BCUT2D eigenvalue weighted by atomic mass is 10.00. The van der Waals surface area contributed by atoms with Crippen molar-refractivity contribution in [3.8, 4) is 11.8 Å². The average molecular weight is 461 g/mol. The highest BCUT2D eigenvalue weighted by Crippen LogP contribution is 2.33. The molecule has 1 atom stereocenters. The molecule has 34 heavy (non-hydrogen) atoms. The van der Waals surface area contributed by atoms with Gasteiger partial charge in [-0.25, -0.2) is 0 Å². The first kappa shape index (κ1) is 23.3. The first-order valence-electron chi connectivity index (χ1n) is 11.5. The van der Waals surface area contributed by atoms with Gasteiger partial charge in [-0.15, -0.1) is 0 Å². The Labute approximate surface area is 198 Å². The Balaban J connectivity index is 1.48. The topological polar surface area (TPSA) is 119 Å². The van der Waals surface area contributed by atoms with Crippen LogP contribution in [0.3, 0.4) is 0 Å². The number of fused-ring (bicyclic) bond motifs is 1. The standard InChI is InChI=1S/C26H28N4O4/c1-3-33-24(31)10-17-8-19-4-5-21(11-20(19)9-17)34-23(6-7-27)25-16(2)22(13-29-25)26(32)30-14-18(12-28)15-30/h4-7,11,13,17-18,27,29H,3,8-10,14-15H2,1-2H3/b23-6+,27-7?. The van der Waals surface area contributed by atoms with Gasteiger partial charge < -0.3 is 24.8 Å². The summed E-state index contributed by atoms with van der Waals surface area (Å²) < 4.78 is 11.2. The number of nitrogens with one attached hydrogen (secondary N) is 2. The van der Waals surface area contributed by atoms with Gasteiger partial charge in [0.15, 0.2) is 5.76 Å². The van der Waals surface area contributed by atoms with Crippen molar-refractivity contribution in [3.63, 3.8) is 0 Å². The Morgan fingerprint density at radius 1 is 1.29 bits per heavy atom. The third-order valence-electron chi connectivity index (χ3n) is 6.39. The molecule has 1 aromatic heterocycles. The third kappa shape index (κ3) is 4.74. The van der Waals surface area contributed by atoms with Gasteiger partial charge in [-0.05, 0) is 61.4 Å². The Bertz CT molecular complexity index is 1180. The lowest BCUT2D eigenvalue weighted by Gasteiger charge is -2.35. The van der Waals surface area contributed by atoms with E-state index in [0.29, 0.717) is 48.9 Å². The molecule has 2 aliphatic rings. The second kappa shape index (κ2) is 9.96. The summed E-state index contributed by atoms with van der Waals surface area (Å²) in [4.78, 5) is 29.4. The number of allylic oxidation sites excluding steroid dienone is 1. The average Bonchev–Trinajstić information content (AvgIpc) is 3.35. The van der Waals surface area contributed by atoms with Crippen LogP contribution in [0.1, 0.15) is 46.1 Å². The number of rotatable bonds is 8. The summed E-state index contributed by atoms with van der Waals surface area (Å²) in [6.45, 7) is 4.93. The van der Waals surface area contributed by atoms with E-state index in [0.717, 1.165) is 30.2 Å². The van der Waals surface area contributed by atoms with Gasteiger partial charge in [-0.1, -0.05) is 6.07 Å². The Morgan fingerprint density at radius 3 is 2.76 bits per heavy atom.